The molecule has 1 aliphatic carbocycles. The quantitative estimate of drug-likeness (QED) is 0.749. The van der Waals surface area contributed by atoms with E-state index in [0.29, 0.717) is 0 Å². The minimum absolute atomic E-state index is 0.0623. The molecule has 1 unspecified atom stereocenters. The lowest BCUT2D eigenvalue weighted by atomic mass is 9.93. The fraction of sp³-hybridized carbons (Fsp3) is 0.211. The van der Waals surface area contributed by atoms with Crippen LogP contribution in [0, 0.1) is 5.92 Å². The Balaban J connectivity index is 1.52. The monoisotopic (exact) mass is 318 g/mol. The average molecular weight is 318 g/mol. The van der Waals surface area contributed by atoms with Crippen LogP contribution in [-0.2, 0) is 4.79 Å². The standard InChI is InChI=1S/C19H18N4O/c24-19(14-6-2-1-3-7-14)22-15-10-11-18(20-12-15)23-13-21-16-8-4-5-9-17(16)23/h1-2,4-5,8-14H,3,6-7H2,(H,22,24). The minimum atomic E-state index is 0.0623. The van der Waals surface area contributed by atoms with E-state index in [1.54, 1.807) is 12.5 Å². The van der Waals surface area contributed by atoms with Crippen molar-refractivity contribution in [2.45, 2.75) is 19.3 Å². The second-order valence-corrected chi connectivity index (χ2v) is 5.98. The zero-order valence-corrected chi connectivity index (χ0v) is 13.2. The van der Waals surface area contributed by atoms with Crippen molar-refractivity contribution in [3.63, 3.8) is 0 Å². The summed E-state index contributed by atoms with van der Waals surface area (Å²) in [6.45, 7) is 0. The molecule has 0 saturated carbocycles. The molecule has 0 fully saturated rings. The third-order valence-corrected chi connectivity index (χ3v) is 4.36. The highest BCUT2D eigenvalue weighted by molar-refractivity contribution is 5.92. The van der Waals surface area contributed by atoms with Crippen LogP contribution in [0.2, 0.25) is 0 Å². The lowest BCUT2D eigenvalue weighted by Gasteiger charge is -2.17. The summed E-state index contributed by atoms with van der Waals surface area (Å²) in [6.07, 6.45) is 10.4. The van der Waals surface area contributed by atoms with Gasteiger partial charge in [0.2, 0.25) is 5.91 Å². The summed E-state index contributed by atoms with van der Waals surface area (Å²) in [5.74, 6) is 0.913. The molecule has 2 heterocycles. The smallest absolute Gasteiger partial charge is 0.227 e. The molecule has 0 radical (unpaired) electrons. The molecule has 1 amide bonds. The lowest BCUT2D eigenvalue weighted by molar-refractivity contribution is -0.120. The number of rotatable bonds is 3. The Morgan fingerprint density at radius 1 is 1.12 bits per heavy atom. The number of imidazole rings is 1. The highest BCUT2D eigenvalue weighted by Crippen LogP contribution is 2.21. The van der Waals surface area contributed by atoms with E-state index in [1.807, 2.05) is 41.0 Å². The molecule has 1 atom stereocenters. The molecular weight excluding hydrogens is 300 g/mol. The summed E-state index contributed by atoms with van der Waals surface area (Å²) in [5.41, 5.74) is 2.67. The molecule has 5 nitrogen and oxygen atoms in total. The van der Waals surface area contributed by atoms with E-state index in [-0.39, 0.29) is 11.8 Å². The third-order valence-electron chi connectivity index (χ3n) is 4.36. The number of anilines is 1. The van der Waals surface area contributed by atoms with Crippen molar-refractivity contribution in [3.8, 4) is 5.82 Å². The highest BCUT2D eigenvalue weighted by Gasteiger charge is 2.18. The first-order valence-corrected chi connectivity index (χ1v) is 8.15. The predicted octanol–water partition coefficient (Wildman–Crippen LogP) is 3.72. The molecule has 24 heavy (non-hydrogen) atoms. The Morgan fingerprint density at radius 3 is 2.83 bits per heavy atom. The van der Waals surface area contributed by atoms with Gasteiger partial charge in [0.15, 0.2) is 0 Å². The fourth-order valence-corrected chi connectivity index (χ4v) is 3.02. The number of pyridine rings is 1. The summed E-state index contributed by atoms with van der Waals surface area (Å²) in [6, 6.07) is 11.7. The van der Waals surface area contributed by atoms with E-state index in [2.05, 4.69) is 27.4 Å². The largest absolute Gasteiger partial charge is 0.324 e. The Kier molecular flexibility index (Phi) is 3.83. The zero-order chi connectivity index (χ0) is 16.4. The van der Waals surface area contributed by atoms with E-state index < -0.39 is 0 Å². The van der Waals surface area contributed by atoms with Gasteiger partial charge in [0, 0.05) is 5.92 Å². The molecule has 2 aromatic heterocycles. The van der Waals surface area contributed by atoms with Crippen LogP contribution in [0.25, 0.3) is 16.9 Å². The number of carbonyl (C=O) groups excluding carboxylic acids is 1. The maximum absolute atomic E-state index is 12.3. The van der Waals surface area contributed by atoms with Crippen molar-refractivity contribution in [1.82, 2.24) is 14.5 Å². The van der Waals surface area contributed by atoms with Gasteiger partial charge in [-0.05, 0) is 43.5 Å². The lowest BCUT2D eigenvalue weighted by Crippen LogP contribution is -2.23. The first kappa shape index (κ1) is 14.6. The van der Waals surface area contributed by atoms with Crippen LogP contribution in [0.4, 0.5) is 5.69 Å². The maximum Gasteiger partial charge on any atom is 0.227 e. The van der Waals surface area contributed by atoms with E-state index in [1.165, 1.54) is 0 Å². The summed E-state index contributed by atoms with van der Waals surface area (Å²) in [7, 11) is 0. The van der Waals surface area contributed by atoms with E-state index in [9.17, 15) is 4.79 Å². The number of hydrogen-bond acceptors (Lipinski definition) is 3. The molecule has 4 rings (SSSR count). The summed E-state index contributed by atoms with van der Waals surface area (Å²) in [5, 5.41) is 2.96. The number of benzene rings is 1. The number of nitrogens with zero attached hydrogens (tertiary/aromatic N) is 3. The number of nitrogens with one attached hydrogen (secondary N) is 1. The van der Waals surface area contributed by atoms with Gasteiger partial charge < -0.3 is 5.32 Å². The molecule has 3 aromatic rings. The summed E-state index contributed by atoms with van der Waals surface area (Å²) < 4.78 is 1.94. The van der Waals surface area contributed by atoms with Crippen molar-refractivity contribution in [1.29, 1.82) is 0 Å². The molecule has 120 valence electrons. The minimum Gasteiger partial charge on any atom is -0.324 e. The van der Waals surface area contributed by atoms with Crippen molar-refractivity contribution in [3.05, 3.63) is 61.1 Å². The second-order valence-electron chi connectivity index (χ2n) is 5.98. The van der Waals surface area contributed by atoms with Crippen molar-refractivity contribution >= 4 is 22.6 Å². The maximum atomic E-state index is 12.3. The number of allylic oxidation sites excluding steroid dienone is 2. The first-order chi connectivity index (χ1) is 11.8. The topological polar surface area (TPSA) is 59.8 Å². The van der Waals surface area contributed by atoms with E-state index in [0.717, 1.165) is 41.8 Å². The van der Waals surface area contributed by atoms with Crippen LogP contribution in [0.1, 0.15) is 19.3 Å². The van der Waals surface area contributed by atoms with Crippen molar-refractivity contribution < 1.29 is 4.79 Å². The van der Waals surface area contributed by atoms with E-state index in [4.69, 9.17) is 0 Å². The average Bonchev–Trinajstić information content (AvgIpc) is 3.07. The van der Waals surface area contributed by atoms with Gasteiger partial charge in [-0.1, -0.05) is 24.3 Å². The Hall–Kier alpha value is -2.95. The predicted molar refractivity (Wildman–Crippen MR) is 94.0 cm³/mol. The van der Waals surface area contributed by atoms with Gasteiger partial charge in [-0.2, -0.15) is 0 Å². The zero-order valence-electron chi connectivity index (χ0n) is 13.2. The second kappa shape index (κ2) is 6.28. The Bertz CT molecular complexity index is 895. The molecule has 0 bridgehead atoms. The summed E-state index contributed by atoms with van der Waals surface area (Å²) >= 11 is 0. The first-order valence-electron chi connectivity index (χ1n) is 8.15. The van der Waals surface area contributed by atoms with Crippen LogP contribution in [0.15, 0.2) is 61.1 Å². The normalized spacial score (nSPS) is 17.1. The molecule has 5 heteroatoms. The highest BCUT2D eigenvalue weighted by atomic mass is 16.1. The third kappa shape index (κ3) is 2.80. The fourth-order valence-electron chi connectivity index (χ4n) is 3.02. The summed E-state index contributed by atoms with van der Waals surface area (Å²) in [4.78, 5) is 21.1. The molecule has 0 saturated heterocycles. The van der Waals surface area contributed by atoms with Gasteiger partial charge in [0.05, 0.1) is 22.9 Å². The van der Waals surface area contributed by atoms with Gasteiger partial charge in [-0.25, -0.2) is 9.97 Å². The van der Waals surface area contributed by atoms with Crippen molar-refractivity contribution in [2.24, 2.45) is 5.92 Å². The molecule has 0 aliphatic heterocycles. The number of para-hydroxylation sites is 2. The van der Waals surface area contributed by atoms with Gasteiger partial charge >= 0.3 is 0 Å². The van der Waals surface area contributed by atoms with Crippen LogP contribution in [0.3, 0.4) is 0 Å². The van der Waals surface area contributed by atoms with Crippen LogP contribution >= 0.6 is 0 Å². The molecular formula is C19H18N4O. The number of amides is 1. The molecule has 1 aliphatic rings. The number of hydrogen-bond donors (Lipinski definition) is 1. The molecule has 1 N–H and O–H groups in total. The van der Waals surface area contributed by atoms with Gasteiger partial charge in [-0.3, -0.25) is 9.36 Å². The number of carbonyl (C=O) groups is 1. The van der Waals surface area contributed by atoms with Crippen LogP contribution in [0.5, 0.6) is 0 Å². The van der Waals surface area contributed by atoms with Crippen LogP contribution < -0.4 is 5.32 Å². The molecule has 1 aromatic carbocycles. The number of aromatic nitrogens is 3. The van der Waals surface area contributed by atoms with Gasteiger partial charge in [0.1, 0.15) is 12.1 Å². The Morgan fingerprint density at radius 2 is 2.04 bits per heavy atom. The van der Waals surface area contributed by atoms with Gasteiger partial charge in [0.25, 0.3) is 0 Å². The molecule has 0 spiro atoms. The SMILES string of the molecule is O=C(Nc1ccc(-n2cnc3ccccc32)nc1)C1CC=CCC1. The van der Waals surface area contributed by atoms with E-state index >= 15 is 0 Å². The Labute approximate surface area is 140 Å². The number of fused-ring (bicyclic) bond motifs is 1. The van der Waals surface area contributed by atoms with Gasteiger partial charge in [-0.15, -0.1) is 0 Å². The van der Waals surface area contributed by atoms with Crippen molar-refractivity contribution in [2.75, 3.05) is 5.32 Å². The van der Waals surface area contributed by atoms with Crippen LogP contribution in [-0.4, -0.2) is 20.4 Å².